The zero-order valence-corrected chi connectivity index (χ0v) is 15.4. The van der Waals surface area contributed by atoms with Crippen LogP contribution in [0.2, 0.25) is 0 Å². The summed E-state index contributed by atoms with van der Waals surface area (Å²) in [5.41, 5.74) is 1.37. The van der Waals surface area contributed by atoms with Gasteiger partial charge in [0.1, 0.15) is 10.7 Å². The summed E-state index contributed by atoms with van der Waals surface area (Å²) in [4.78, 5) is 11.8. The molecule has 0 aliphatic carbocycles. The van der Waals surface area contributed by atoms with E-state index >= 15 is 0 Å². The molecular formula is C20H18F2N2O2S. The lowest BCUT2D eigenvalue weighted by Crippen LogP contribution is -2.14. The first-order chi connectivity index (χ1) is 13.1. The summed E-state index contributed by atoms with van der Waals surface area (Å²) in [6.07, 6.45) is -2.85. The van der Waals surface area contributed by atoms with Crippen LogP contribution in [0.15, 0.2) is 60.7 Å². The lowest BCUT2D eigenvalue weighted by molar-refractivity contribution is 0.0522. The topological polar surface area (TPSA) is 51.2 Å². The molecule has 1 aromatic heterocycles. The normalized spacial score (nSPS) is 11.0. The molecule has 0 saturated carbocycles. The number of carbonyl (C=O) groups is 1. The predicted molar refractivity (Wildman–Crippen MR) is 101 cm³/mol. The zero-order valence-electron chi connectivity index (χ0n) is 14.6. The number of carbonyl (C=O) groups excluding carboxylic acids is 1. The molecule has 140 valence electrons. The van der Waals surface area contributed by atoms with Gasteiger partial charge in [-0.1, -0.05) is 60.7 Å². The molecule has 1 heterocycles. The summed E-state index contributed by atoms with van der Waals surface area (Å²) in [7, 11) is 0. The highest BCUT2D eigenvalue weighted by Crippen LogP contribution is 2.36. The minimum atomic E-state index is -2.85. The lowest BCUT2D eigenvalue weighted by atomic mass is 9.98. The number of ether oxygens (including phenoxy) is 1. The number of hydrogen-bond donors (Lipinski definition) is 1. The summed E-state index contributed by atoms with van der Waals surface area (Å²) >= 11 is 0.718. The molecule has 3 rings (SSSR count). The van der Waals surface area contributed by atoms with Crippen LogP contribution < -0.4 is 5.32 Å². The van der Waals surface area contributed by atoms with Gasteiger partial charge in [-0.25, -0.2) is 13.6 Å². The van der Waals surface area contributed by atoms with Gasteiger partial charge in [-0.15, -0.1) is 0 Å². The molecule has 27 heavy (non-hydrogen) atoms. The first-order valence-corrected chi connectivity index (χ1v) is 9.20. The smallest absolute Gasteiger partial charge is 0.350 e. The van der Waals surface area contributed by atoms with Crippen molar-refractivity contribution in [2.75, 3.05) is 11.9 Å². The fourth-order valence-corrected chi connectivity index (χ4v) is 3.49. The first kappa shape index (κ1) is 19.0. The van der Waals surface area contributed by atoms with Gasteiger partial charge in [-0.05, 0) is 29.6 Å². The van der Waals surface area contributed by atoms with Gasteiger partial charge in [0.25, 0.3) is 6.43 Å². The van der Waals surface area contributed by atoms with Crippen molar-refractivity contribution in [2.24, 2.45) is 0 Å². The second kappa shape index (κ2) is 8.73. The van der Waals surface area contributed by atoms with Crippen LogP contribution in [0, 0.1) is 0 Å². The third-order valence-electron chi connectivity index (χ3n) is 3.95. The lowest BCUT2D eigenvalue weighted by Gasteiger charge is -2.20. The van der Waals surface area contributed by atoms with Gasteiger partial charge in [0.05, 0.1) is 18.2 Å². The molecule has 0 spiro atoms. The average Bonchev–Trinajstić information content (AvgIpc) is 3.12. The Morgan fingerprint density at radius 1 is 1.07 bits per heavy atom. The Morgan fingerprint density at radius 3 is 2.11 bits per heavy atom. The van der Waals surface area contributed by atoms with Crippen molar-refractivity contribution in [1.29, 1.82) is 0 Å². The molecule has 7 heteroatoms. The van der Waals surface area contributed by atoms with Crippen molar-refractivity contribution in [3.05, 3.63) is 82.2 Å². The van der Waals surface area contributed by atoms with E-state index in [0.29, 0.717) is 0 Å². The van der Waals surface area contributed by atoms with Crippen LogP contribution in [-0.4, -0.2) is 16.9 Å². The second-order valence-corrected chi connectivity index (χ2v) is 6.47. The van der Waals surface area contributed by atoms with Crippen molar-refractivity contribution in [3.63, 3.8) is 0 Å². The molecule has 0 bridgehead atoms. The fraction of sp³-hybridized carbons (Fsp3) is 0.200. The Balaban J connectivity index is 2.01. The Labute approximate surface area is 160 Å². The van der Waals surface area contributed by atoms with E-state index in [4.69, 9.17) is 4.74 Å². The van der Waals surface area contributed by atoms with Crippen molar-refractivity contribution < 1.29 is 18.3 Å². The molecule has 0 radical (unpaired) electrons. The molecule has 0 saturated heterocycles. The number of alkyl halides is 2. The zero-order chi connectivity index (χ0) is 19.2. The highest BCUT2D eigenvalue weighted by Gasteiger charge is 2.29. The maximum Gasteiger partial charge on any atom is 0.350 e. The van der Waals surface area contributed by atoms with Crippen molar-refractivity contribution in [1.82, 2.24) is 4.37 Å². The van der Waals surface area contributed by atoms with Gasteiger partial charge in [0, 0.05) is 0 Å². The third kappa shape index (κ3) is 4.31. The number of esters is 1. The molecule has 3 aromatic rings. The van der Waals surface area contributed by atoms with E-state index in [0.717, 1.165) is 22.7 Å². The summed E-state index contributed by atoms with van der Waals surface area (Å²) in [5, 5.41) is 3.09. The van der Waals surface area contributed by atoms with Gasteiger partial charge in [0.15, 0.2) is 0 Å². The van der Waals surface area contributed by atoms with Crippen molar-refractivity contribution in [2.45, 2.75) is 19.4 Å². The van der Waals surface area contributed by atoms with Crippen LogP contribution in [-0.2, 0) is 4.74 Å². The van der Waals surface area contributed by atoms with Crippen LogP contribution in [0.25, 0.3) is 0 Å². The minimum absolute atomic E-state index is 0.00393. The number of nitrogens with one attached hydrogen (secondary N) is 1. The van der Waals surface area contributed by atoms with Crippen molar-refractivity contribution >= 4 is 23.3 Å². The molecule has 1 N–H and O–H groups in total. The minimum Gasteiger partial charge on any atom is -0.462 e. The number of anilines is 1. The number of halogens is 2. The number of benzene rings is 2. The van der Waals surface area contributed by atoms with Gasteiger partial charge >= 0.3 is 5.97 Å². The van der Waals surface area contributed by atoms with E-state index < -0.39 is 18.0 Å². The molecule has 0 aliphatic heterocycles. The molecule has 0 fully saturated rings. The monoisotopic (exact) mass is 388 g/mol. The summed E-state index contributed by atoms with van der Waals surface area (Å²) < 4.78 is 36.4. The summed E-state index contributed by atoms with van der Waals surface area (Å²) in [6.45, 7) is 1.74. The molecule has 2 aromatic carbocycles. The standard InChI is InChI=1S/C20H18F2N2O2S/c1-2-26-20(25)17-15(18(21)22)19(24-27-17)23-16(13-9-5-3-6-10-13)14-11-7-4-8-12-14/h3-12,16,18H,2H2,1H3,(H,23,24). The van der Waals surface area contributed by atoms with Crippen LogP contribution in [0.1, 0.15) is 45.8 Å². The van der Waals surface area contributed by atoms with Crippen LogP contribution >= 0.6 is 11.5 Å². The second-order valence-electron chi connectivity index (χ2n) is 5.69. The quantitative estimate of drug-likeness (QED) is 0.546. The Morgan fingerprint density at radius 2 is 1.63 bits per heavy atom. The summed E-state index contributed by atoms with van der Waals surface area (Å²) in [6, 6.07) is 18.5. The fourth-order valence-electron chi connectivity index (χ4n) is 2.73. The van der Waals surface area contributed by atoms with E-state index in [1.165, 1.54) is 0 Å². The van der Waals surface area contributed by atoms with E-state index in [-0.39, 0.29) is 23.3 Å². The van der Waals surface area contributed by atoms with Gasteiger partial charge < -0.3 is 10.1 Å². The Bertz CT molecular complexity index is 846. The first-order valence-electron chi connectivity index (χ1n) is 8.43. The van der Waals surface area contributed by atoms with Crippen LogP contribution in [0.3, 0.4) is 0 Å². The van der Waals surface area contributed by atoms with Gasteiger partial charge in [-0.3, -0.25) is 0 Å². The summed E-state index contributed by atoms with van der Waals surface area (Å²) in [5.74, 6) is -0.787. The van der Waals surface area contributed by atoms with E-state index in [9.17, 15) is 13.6 Å². The predicted octanol–water partition coefficient (Wildman–Crippen LogP) is 5.46. The molecule has 0 atom stereocenters. The molecule has 0 unspecified atom stereocenters. The maximum atomic E-state index is 13.7. The van der Waals surface area contributed by atoms with E-state index in [1.807, 2.05) is 60.7 Å². The molecular weight excluding hydrogens is 370 g/mol. The number of hydrogen-bond acceptors (Lipinski definition) is 5. The van der Waals surface area contributed by atoms with Crippen LogP contribution in [0.4, 0.5) is 14.6 Å². The third-order valence-corrected chi connectivity index (χ3v) is 4.80. The SMILES string of the molecule is CCOC(=O)c1snc(NC(c2ccccc2)c2ccccc2)c1C(F)F. The molecule has 0 amide bonds. The van der Waals surface area contributed by atoms with Crippen molar-refractivity contribution in [3.8, 4) is 0 Å². The molecule has 0 aliphatic rings. The van der Waals surface area contributed by atoms with E-state index in [1.54, 1.807) is 6.92 Å². The van der Waals surface area contributed by atoms with Gasteiger partial charge in [-0.2, -0.15) is 4.37 Å². The highest BCUT2D eigenvalue weighted by atomic mass is 32.1. The average molecular weight is 388 g/mol. The number of nitrogens with zero attached hydrogens (tertiary/aromatic N) is 1. The maximum absolute atomic E-state index is 13.7. The van der Waals surface area contributed by atoms with E-state index in [2.05, 4.69) is 9.69 Å². The van der Waals surface area contributed by atoms with Gasteiger partial charge in [0.2, 0.25) is 0 Å². The Kier molecular flexibility index (Phi) is 6.13. The number of rotatable bonds is 7. The van der Waals surface area contributed by atoms with Crippen LogP contribution in [0.5, 0.6) is 0 Å². The largest absolute Gasteiger partial charge is 0.462 e. The molecule has 4 nitrogen and oxygen atoms in total. The Hall–Kier alpha value is -2.80. The number of aromatic nitrogens is 1. The highest BCUT2D eigenvalue weighted by molar-refractivity contribution is 7.08.